The van der Waals surface area contributed by atoms with Crippen LogP contribution in [0.4, 0.5) is 5.69 Å². The van der Waals surface area contributed by atoms with Crippen LogP contribution in [0.2, 0.25) is 5.02 Å². The Hall–Kier alpha value is -3.45. The van der Waals surface area contributed by atoms with E-state index in [4.69, 9.17) is 16.3 Å². The minimum atomic E-state index is -0.609. The van der Waals surface area contributed by atoms with Crippen LogP contribution in [-0.4, -0.2) is 28.5 Å². The Morgan fingerprint density at radius 1 is 1.10 bits per heavy atom. The lowest BCUT2D eigenvalue weighted by Gasteiger charge is -2.07. The predicted octanol–water partition coefficient (Wildman–Crippen LogP) is 3.91. The Kier molecular flexibility index (Phi) is 6.41. The van der Waals surface area contributed by atoms with Gasteiger partial charge in [-0.25, -0.2) is 9.78 Å². The second-order valence-electron chi connectivity index (χ2n) is 6.15. The zero-order valence-corrected chi connectivity index (χ0v) is 16.3. The molecule has 0 aliphatic carbocycles. The molecule has 148 valence electrons. The van der Waals surface area contributed by atoms with Crippen molar-refractivity contribution in [1.82, 2.24) is 9.97 Å². The highest BCUT2D eigenvalue weighted by molar-refractivity contribution is 6.30. The molecule has 1 heterocycles. The van der Waals surface area contributed by atoms with Crippen molar-refractivity contribution in [3.8, 4) is 11.4 Å². The van der Waals surface area contributed by atoms with Crippen molar-refractivity contribution in [1.29, 1.82) is 0 Å². The van der Waals surface area contributed by atoms with E-state index in [1.807, 2.05) is 6.92 Å². The molecular formula is C21H18ClN3O4. The zero-order valence-electron chi connectivity index (χ0n) is 15.6. The average Bonchev–Trinajstić information content (AvgIpc) is 2.73. The van der Waals surface area contributed by atoms with Gasteiger partial charge < -0.3 is 15.0 Å². The maximum atomic E-state index is 12.4. The highest BCUT2D eigenvalue weighted by atomic mass is 35.5. The van der Waals surface area contributed by atoms with Crippen LogP contribution in [0, 0.1) is 0 Å². The summed E-state index contributed by atoms with van der Waals surface area (Å²) in [6.45, 7) is 2.25. The van der Waals surface area contributed by atoms with Crippen LogP contribution in [0.1, 0.15) is 34.1 Å². The fourth-order valence-electron chi connectivity index (χ4n) is 2.48. The van der Waals surface area contributed by atoms with Crippen molar-refractivity contribution in [2.75, 3.05) is 11.9 Å². The number of hydrogen-bond acceptors (Lipinski definition) is 5. The third-order valence-electron chi connectivity index (χ3n) is 3.98. The van der Waals surface area contributed by atoms with E-state index in [-0.39, 0.29) is 5.56 Å². The summed E-state index contributed by atoms with van der Waals surface area (Å²) < 4.78 is 5.05. The normalized spacial score (nSPS) is 10.4. The molecule has 3 rings (SSSR count). The van der Waals surface area contributed by atoms with Crippen LogP contribution in [0.25, 0.3) is 11.4 Å². The molecule has 0 aliphatic heterocycles. The smallest absolute Gasteiger partial charge is 0.338 e. The number of benzene rings is 2. The molecule has 0 bridgehead atoms. The van der Waals surface area contributed by atoms with Crippen molar-refractivity contribution in [2.24, 2.45) is 0 Å². The zero-order chi connectivity index (χ0) is 20.8. The first-order chi connectivity index (χ1) is 14.0. The third kappa shape index (κ3) is 5.08. The van der Waals surface area contributed by atoms with Gasteiger partial charge in [-0.2, -0.15) is 0 Å². The summed E-state index contributed by atoms with van der Waals surface area (Å²) >= 11 is 5.85. The van der Waals surface area contributed by atoms with Gasteiger partial charge in [0.25, 0.3) is 11.5 Å². The largest absolute Gasteiger partial charge is 0.462 e. The van der Waals surface area contributed by atoms with Crippen LogP contribution in [0.3, 0.4) is 0 Å². The van der Waals surface area contributed by atoms with Gasteiger partial charge in [0, 0.05) is 22.5 Å². The number of esters is 1. The minimum absolute atomic E-state index is 0.130. The van der Waals surface area contributed by atoms with Gasteiger partial charge in [-0.1, -0.05) is 18.5 Å². The Labute approximate surface area is 171 Å². The molecule has 2 N–H and O–H groups in total. The molecule has 0 fully saturated rings. The number of aromatic nitrogens is 2. The summed E-state index contributed by atoms with van der Waals surface area (Å²) in [6, 6.07) is 13.0. The van der Waals surface area contributed by atoms with Gasteiger partial charge in [0.15, 0.2) is 0 Å². The predicted molar refractivity (Wildman–Crippen MR) is 110 cm³/mol. The number of carbonyl (C=O) groups excluding carboxylic acids is 2. The van der Waals surface area contributed by atoms with E-state index in [2.05, 4.69) is 15.3 Å². The average molecular weight is 412 g/mol. The molecule has 3 aromatic rings. The number of nitrogens with zero attached hydrogens (tertiary/aromatic N) is 1. The molecule has 0 aliphatic rings. The van der Waals surface area contributed by atoms with Crippen molar-refractivity contribution < 1.29 is 14.3 Å². The molecule has 0 saturated heterocycles. The second-order valence-corrected chi connectivity index (χ2v) is 6.59. The van der Waals surface area contributed by atoms with E-state index in [9.17, 15) is 14.4 Å². The fraction of sp³-hybridized carbons (Fsp3) is 0.143. The SMILES string of the molecule is CCCOC(=O)c1ccc(NC(=O)c2cnc(-c3ccc(Cl)cc3)[nH]c2=O)cc1. The Balaban J connectivity index is 1.71. The monoisotopic (exact) mass is 411 g/mol. The van der Waals surface area contributed by atoms with Crippen molar-refractivity contribution in [2.45, 2.75) is 13.3 Å². The fourth-order valence-corrected chi connectivity index (χ4v) is 2.60. The molecule has 0 atom stereocenters. The van der Waals surface area contributed by atoms with Crippen LogP contribution in [-0.2, 0) is 4.74 Å². The molecule has 0 saturated carbocycles. The lowest BCUT2D eigenvalue weighted by molar-refractivity contribution is 0.0505. The quantitative estimate of drug-likeness (QED) is 0.599. The summed E-state index contributed by atoms with van der Waals surface area (Å²) in [7, 11) is 0. The summed E-state index contributed by atoms with van der Waals surface area (Å²) in [6.07, 6.45) is 1.95. The van der Waals surface area contributed by atoms with E-state index < -0.39 is 17.4 Å². The maximum Gasteiger partial charge on any atom is 0.338 e. The van der Waals surface area contributed by atoms with E-state index in [1.54, 1.807) is 48.5 Å². The first kappa shape index (κ1) is 20.3. The summed E-state index contributed by atoms with van der Waals surface area (Å²) in [5.74, 6) is -0.705. The van der Waals surface area contributed by atoms with E-state index in [1.165, 1.54) is 6.20 Å². The second kappa shape index (κ2) is 9.16. The van der Waals surface area contributed by atoms with Crippen LogP contribution >= 0.6 is 11.6 Å². The molecule has 0 unspecified atom stereocenters. The number of rotatable bonds is 6. The van der Waals surface area contributed by atoms with Gasteiger partial charge >= 0.3 is 5.97 Å². The molecule has 8 heteroatoms. The molecule has 0 radical (unpaired) electrons. The Morgan fingerprint density at radius 3 is 2.41 bits per heavy atom. The summed E-state index contributed by atoms with van der Waals surface area (Å²) in [5.41, 5.74) is 0.784. The Morgan fingerprint density at radius 2 is 1.79 bits per heavy atom. The van der Waals surface area contributed by atoms with E-state index in [0.717, 1.165) is 6.42 Å². The number of anilines is 1. The molecule has 7 nitrogen and oxygen atoms in total. The lowest BCUT2D eigenvalue weighted by atomic mass is 10.2. The number of halogens is 1. The minimum Gasteiger partial charge on any atom is -0.462 e. The molecule has 2 aromatic carbocycles. The number of aromatic amines is 1. The number of nitrogens with one attached hydrogen (secondary N) is 2. The summed E-state index contributed by atoms with van der Waals surface area (Å²) in [5, 5.41) is 3.17. The molecule has 1 aromatic heterocycles. The Bertz CT molecular complexity index is 1080. The number of ether oxygens (including phenoxy) is 1. The van der Waals surface area contributed by atoms with Gasteiger partial charge in [-0.3, -0.25) is 9.59 Å². The van der Waals surface area contributed by atoms with Crippen LogP contribution in [0.15, 0.2) is 59.5 Å². The summed E-state index contributed by atoms with van der Waals surface area (Å²) in [4.78, 5) is 43.3. The highest BCUT2D eigenvalue weighted by Crippen LogP contribution is 2.17. The third-order valence-corrected chi connectivity index (χ3v) is 4.23. The van der Waals surface area contributed by atoms with Gasteiger partial charge in [-0.15, -0.1) is 0 Å². The van der Waals surface area contributed by atoms with Gasteiger partial charge in [0.2, 0.25) is 0 Å². The molecule has 0 spiro atoms. The van der Waals surface area contributed by atoms with Crippen LogP contribution in [0.5, 0.6) is 0 Å². The van der Waals surface area contributed by atoms with E-state index in [0.29, 0.717) is 34.3 Å². The standard InChI is InChI=1S/C21H18ClN3O4/c1-2-11-29-21(28)14-5-9-16(10-6-14)24-19(26)17-12-23-18(25-20(17)27)13-3-7-15(22)8-4-13/h3-10,12H,2,11H2,1H3,(H,24,26)(H,23,25,27). The maximum absolute atomic E-state index is 12.4. The first-order valence-electron chi connectivity index (χ1n) is 8.91. The first-order valence-corrected chi connectivity index (χ1v) is 9.29. The molecule has 1 amide bonds. The van der Waals surface area contributed by atoms with Crippen molar-refractivity contribution in [3.63, 3.8) is 0 Å². The molecular weight excluding hydrogens is 394 g/mol. The molecule has 29 heavy (non-hydrogen) atoms. The number of carbonyl (C=O) groups is 2. The van der Waals surface area contributed by atoms with E-state index >= 15 is 0 Å². The lowest BCUT2D eigenvalue weighted by Crippen LogP contribution is -2.24. The van der Waals surface area contributed by atoms with Gasteiger partial charge in [-0.05, 0) is 55.0 Å². The number of H-pyrrole nitrogens is 1. The van der Waals surface area contributed by atoms with Crippen LogP contribution < -0.4 is 10.9 Å². The number of hydrogen-bond donors (Lipinski definition) is 2. The highest BCUT2D eigenvalue weighted by Gasteiger charge is 2.14. The van der Waals surface area contributed by atoms with Crippen molar-refractivity contribution in [3.05, 3.63) is 81.2 Å². The van der Waals surface area contributed by atoms with Gasteiger partial charge in [0.05, 0.1) is 12.2 Å². The number of amides is 1. The van der Waals surface area contributed by atoms with Gasteiger partial charge in [0.1, 0.15) is 11.4 Å². The topological polar surface area (TPSA) is 101 Å². The van der Waals surface area contributed by atoms with Crippen molar-refractivity contribution >= 4 is 29.2 Å².